The fourth-order valence-corrected chi connectivity index (χ4v) is 2.83. The van der Waals surface area contributed by atoms with Gasteiger partial charge in [-0.25, -0.2) is 0 Å². The lowest BCUT2D eigenvalue weighted by molar-refractivity contribution is -0.117. The zero-order valence-corrected chi connectivity index (χ0v) is 13.3. The topological polar surface area (TPSA) is 58.4 Å². The summed E-state index contributed by atoms with van der Waals surface area (Å²) in [6, 6.07) is 3.17. The Bertz CT molecular complexity index is 514. The van der Waals surface area contributed by atoms with Gasteiger partial charge in [-0.05, 0) is 18.1 Å². The number of amides is 1. The summed E-state index contributed by atoms with van der Waals surface area (Å²) in [6.07, 6.45) is 0. The molecule has 4 nitrogen and oxygen atoms in total. The lowest BCUT2D eigenvalue weighted by atomic mass is 10.1. The molecule has 0 spiro atoms. The molecular weight excluding hydrogens is 321 g/mol. The number of nitrogens with zero attached hydrogens (tertiary/aromatic N) is 1. The maximum absolute atomic E-state index is 12.0. The molecule has 1 amide bonds. The van der Waals surface area contributed by atoms with Crippen molar-refractivity contribution in [2.75, 3.05) is 25.0 Å². The Hall–Kier alpha value is -0.520. The molecule has 7 heteroatoms. The van der Waals surface area contributed by atoms with Gasteiger partial charge in [0.15, 0.2) is 0 Å². The summed E-state index contributed by atoms with van der Waals surface area (Å²) < 4.78 is 0. The van der Waals surface area contributed by atoms with Crippen molar-refractivity contribution in [1.29, 1.82) is 0 Å². The highest BCUT2D eigenvalue weighted by atomic mass is 35.5. The highest BCUT2D eigenvalue weighted by Crippen LogP contribution is 2.32. The van der Waals surface area contributed by atoms with Crippen LogP contribution in [0.3, 0.4) is 0 Å². The Kier molecular flexibility index (Phi) is 5.15. The first-order valence-corrected chi connectivity index (χ1v) is 7.42. The molecular formula is C13H16Cl3N3O. The maximum Gasteiger partial charge on any atom is 0.238 e. The summed E-state index contributed by atoms with van der Waals surface area (Å²) in [5.41, 5.74) is 6.39. The van der Waals surface area contributed by atoms with Crippen LogP contribution in [0.15, 0.2) is 12.1 Å². The van der Waals surface area contributed by atoms with Gasteiger partial charge in [-0.1, -0.05) is 41.7 Å². The number of halogens is 3. The van der Waals surface area contributed by atoms with E-state index in [1.807, 2.05) is 4.90 Å². The van der Waals surface area contributed by atoms with E-state index in [1.54, 1.807) is 6.07 Å². The van der Waals surface area contributed by atoms with E-state index in [1.165, 1.54) is 6.07 Å². The number of carbonyl (C=O) groups is 1. The van der Waals surface area contributed by atoms with Crippen LogP contribution in [0, 0.1) is 5.92 Å². The third-order valence-electron chi connectivity index (χ3n) is 3.40. The summed E-state index contributed by atoms with van der Waals surface area (Å²) in [5, 5.41) is 3.80. The lowest BCUT2D eigenvalue weighted by Gasteiger charge is -2.15. The molecule has 1 aromatic rings. The Morgan fingerprint density at radius 3 is 2.55 bits per heavy atom. The van der Waals surface area contributed by atoms with E-state index in [0.29, 0.717) is 26.7 Å². The molecule has 1 heterocycles. The Balaban J connectivity index is 1.97. The molecule has 2 unspecified atom stereocenters. The molecule has 110 valence electrons. The average molecular weight is 337 g/mol. The zero-order valence-electron chi connectivity index (χ0n) is 11.0. The molecule has 3 N–H and O–H groups in total. The summed E-state index contributed by atoms with van der Waals surface area (Å²) in [7, 11) is 0. The molecule has 1 aliphatic heterocycles. The summed E-state index contributed by atoms with van der Waals surface area (Å²) in [6.45, 7) is 3.92. The van der Waals surface area contributed by atoms with E-state index >= 15 is 0 Å². The third-order valence-corrected chi connectivity index (χ3v) is 4.43. The van der Waals surface area contributed by atoms with Gasteiger partial charge in [-0.15, -0.1) is 0 Å². The molecule has 2 rings (SSSR count). The van der Waals surface area contributed by atoms with Crippen LogP contribution in [0.4, 0.5) is 5.69 Å². The van der Waals surface area contributed by atoms with Crippen molar-refractivity contribution in [3.8, 4) is 0 Å². The summed E-state index contributed by atoms with van der Waals surface area (Å²) >= 11 is 17.8. The second-order valence-corrected chi connectivity index (χ2v) is 6.35. The van der Waals surface area contributed by atoms with Crippen LogP contribution in [-0.2, 0) is 4.79 Å². The number of rotatable bonds is 3. The fourth-order valence-electron chi connectivity index (χ4n) is 2.24. The number of hydrogen-bond donors (Lipinski definition) is 2. The van der Waals surface area contributed by atoms with E-state index in [9.17, 15) is 4.79 Å². The molecule has 1 aromatic carbocycles. The monoisotopic (exact) mass is 335 g/mol. The standard InChI is InChI=1S/C13H16Cl3N3O/c1-7-4-19(5-11(7)17)6-13(20)18-12-3-9(15)8(14)2-10(12)16/h2-3,7,11H,4-6,17H2,1H3,(H,18,20). The normalized spacial score (nSPS) is 23.1. The first-order valence-electron chi connectivity index (χ1n) is 6.29. The Labute approximate surface area is 133 Å². The molecule has 20 heavy (non-hydrogen) atoms. The lowest BCUT2D eigenvalue weighted by Crippen LogP contribution is -2.33. The highest BCUT2D eigenvalue weighted by Gasteiger charge is 2.27. The Morgan fingerprint density at radius 2 is 1.95 bits per heavy atom. The van der Waals surface area contributed by atoms with E-state index in [2.05, 4.69) is 12.2 Å². The minimum Gasteiger partial charge on any atom is -0.326 e. The second-order valence-electron chi connectivity index (χ2n) is 5.13. The summed E-state index contributed by atoms with van der Waals surface area (Å²) in [5.74, 6) is 0.253. The average Bonchev–Trinajstić information content (AvgIpc) is 2.65. The number of nitrogens with two attached hydrogens (primary N) is 1. The minimum absolute atomic E-state index is 0.122. The van der Waals surface area contributed by atoms with Crippen molar-refractivity contribution in [3.63, 3.8) is 0 Å². The quantitative estimate of drug-likeness (QED) is 0.835. The van der Waals surface area contributed by atoms with Gasteiger partial charge in [0, 0.05) is 19.1 Å². The van der Waals surface area contributed by atoms with Crippen LogP contribution in [0.1, 0.15) is 6.92 Å². The van der Waals surface area contributed by atoms with Crippen molar-refractivity contribution in [2.45, 2.75) is 13.0 Å². The smallest absolute Gasteiger partial charge is 0.238 e. The first kappa shape index (κ1) is 15.9. The van der Waals surface area contributed by atoms with Crippen molar-refractivity contribution in [2.24, 2.45) is 11.7 Å². The molecule has 0 bridgehead atoms. The van der Waals surface area contributed by atoms with Crippen molar-refractivity contribution < 1.29 is 4.79 Å². The fraction of sp³-hybridized carbons (Fsp3) is 0.462. The number of carbonyl (C=O) groups excluding carboxylic acids is 1. The van der Waals surface area contributed by atoms with Crippen LogP contribution in [0.5, 0.6) is 0 Å². The second kappa shape index (κ2) is 6.50. The number of nitrogens with one attached hydrogen (secondary N) is 1. The molecule has 1 saturated heterocycles. The number of anilines is 1. The molecule has 0 radical (unpaired) electrons. The third kappa shape index (κ3) is 3.77. The van der Waals surface area contributed by atoms with E-state index in [0.717, 1.165) is 13.1 Å². The number of benzene rings is 1. The molecule has 0 aliphatic carbocycles. The van der Waals surface area contributed by atoms with Gasteiger partial charge in [0.05, 0.1) is 27.3 Å². The predicted octanol–water partition coefficient (Wildman–Crippen LogP) is 2.86. The molecule has 1 fully saturated rings. The molecule has 0 saturated carbocycles. The van der Waals surface area contributed by atoms with Gasteiger partial charge in [-0.3, -0.25) is 9.69 Å². The van der Waals surface area contributed by atoms with Gasteiger partial charge >= 0.3 is 0 Å². The van der Waals surface area contributed by atoms with Crippen molar-refractivity contribution in [1.82, 2.24) is 4.90 Å². The van der Waals surface area contributed by atoms with Gasteiger partial charge in [0.2, 0.25) is 5.91 Å². The van der Waals surface area contributed by atoms with E-state index in [4.69, 9.17) is 40.5 Å². The van der Waals surface area contributed by atoms with Crippen molar-refractivity contribution in [3.05, 3.63) is 27.2 Å². The van der Waals surface area contributed by atoms with Crippen molar-refractivity contribution >= 4 is 46.4 Å². The van der Waals surface area contributed by atoms with Gasteiger partial charge in [0.25, 0.3) is 0 Å². The van der Waals surface area contributed by atoms with Gasteiger partial charge in [-0.2, -0.15) is 0 Å². The van der Waals surface area contributed by atoms with Gasteiger partial charge in [0.1, 0.15) is 0 Å². The number of likely N-dealkylation sites (tertiary alicyclic amines) is 1. The van der Waals surface area contributed by atoms with E-state index in [-0.39, 0.29) is 18.5 Å². The molecule has 2 atom stereocenters. The highest BCUT2D eigenvalue weighted by molar-refractivity contribution is 6.44. The van der Waals surface area contributed by atoms with E-state index < -0.39 is 0 Å². The Morgan fingerprint density at radius 1 is 1.30 bits per heavy atom. The van der Waals surface area contributed by atoms with Crippen LogP contribution in [-0.4, -0.2) is 36.5 Å². The zero-order chi connectivity index (χ0) is 14.9. The molecule has 0 aromatic heterocycles. The maximum atomic E-state index is 12.0. The van der Waals surface area contributed by atoms with Crippen LogP contribution >= 0.6 is 34.8 Å². The minimum atomic E-state index is -0.147. The largest absolute Gasteiger partial charge is 0.326 e. The molecule has 1 aliphatic rings. The SMILES string of the molecule is CC1CN(CC(=O)Nc2cc(Cl)c(Cl)cc2Cl)CC1N. The predicted molar refractivity (Wildman–Crippen MR) is 83.7 cm³/mol. The van der Waals surface area contributed by atoms with Crippen LogP contribution in [0.25, 0.3) is 0 Å². The van der Waals surface area contributed by atoms with Gasteiger partial charge < -0.3 is 11.1 Å². The van der Waals surface area contributed by atoms with Crippen LogP contribution in [0.2, 0.25) is 15.1 Å². The summed E-state index contributed by atoms with van der Waals surface area (Å²) in [4.78, 5) is 14.0. The first-order chi connectivity index (χ1) is 9.36. The van der Waals surface area contributed by atoms with Crippen LogP contribution < -0.4 is 11.1 Å². The number of hydrogen-bond acceptors (Lipinski definition) is 3.